The van der Waals surface area contributed by atoms with Crippen LogP contribution in [0.15, 0.2) is 12.2 Å². The van der Waals surface area contributed by atoms with Crippen molar-refractivity contribution >= 4 is 11.8 Å². The van der Waals surface area contributed by atoms with Gasteiger partial charge in [0.05, 0.1) is 30.5 Å². The van der Waals surface area contributed by atoms with Gasteiger partial charge in [-0.3, -0.25) is 9.59 Å². The Morgan fingerprint density at radius 3 is 2.60 bits per heavy atom. The van der Waals surface area contributed by atoms with Gasteiger partial charge in [0.1, 0.15) is 11.9 Å². The molecule has 0 aromatic carbocycles. The second kappa shape index (κ2) is 4.95. The first-order chi connectivity index (χ1) is 11.6. The summed E-state index contributed by atoms with van der Waals surface area (Å²) in [5, 5.41) is 11.3. The number of hydrogen-bond acceptors (Lipinski definition) is 5. The molecule has 0 radical (unpaired) electrons. The standard InChI is InChI=1S/C20H28O5/c1-10(2)12-6-13(21)16-17-20(11(3)9-24-17)19(5,8-15(23)25-20)14(22)7-18(12,16)4/h10,12,14,16-17,22H,3,6-9H2,1-2,4-5H3/t12-,14-,16-,17+,18-,19+,20-/m1/s1. The van der Waals surface area contributed by atoms with Crippen LogP contribution in [0.4, 0.5) is 0 Å². The number of carbonyl (C=O) groups is 2. The molecule has 2 saturated carbocycles. The van der Waals surface area contributed by atoms with E-state index in [2.05, 4.69) is 27.4 Å². The summed E-state index contributed by atoms with van der Waals surface area (Å²) in [4.78, 5) is 25.3. The molecule has 1 spiro atoms. The third-order valence-corrected chi connectivity index (χ3v) is 7.80. The van der Waals surface area contributed by atoms with Crippen LogP contribution < -0.4 is 0 Å². The molecule has 2 aliphatic heterocycles. The normalized spacial score (nSPS) is 52.0. The number of ether oxygens (including phenoxy) is 2. The van der Waals surface area contributed by atoms with Crippen molar-refractivity contribution in [3.63, 3.8) is 0 Å². The highest BCUT2D eigenvalue weighted by molar-refractivity contribution is 5.87. The van der Waals surface area contributed by atoms with E-state index in [1.54, 1.807) is 0 Å². The van der Waals surface area contributed by atoms with Crippen LogP contribution in [0.25, 0.3) is 0 Å². The van der Waals surface area contributed by atoms with Crippen LogP contribution >= 0.6 is 0 Å². The molecule has 138 valence electrons. The predicted molar refractivity (Wildman–Crippen MR) is 90.6 cm³/mol. The molecular formula is C20H28O5. The molecule has 0 amide bonds. The minimum Gasteiger partial charge on any atom is -0.451 e. The van der Waals surface area contributed by atoms with Crippen LogP contribution in [-0.4, -0.2) is 41.3 Å². The topological polar surface area (TPSA) is 72.8 Å². The van der Waals surface area contributed by atoms with Gasteiger partial charge in [-0.25, -0.2) is 0 Å². The number of fused-ring (bicyclic) bond motifs is 2. The first-order valence-corrected chi connectivity index (χ1v) is 9.30. The van der Waals surface area contributed by atoms with Gasteiger partial charge in [0.25, 0.3) is 0 Å². The molecular weight excluding hydrogens is 320 g/mol. The van der Waals surface area contributed by atoms with E-state index in [9.17, 15) is 14.7 Å². The highest BCUT2D eigenvalue weighted by atomic mass is 16.6. The molecule has 4 rings (SSSR count). The largest absolute Gasteiger partial charge is 0.451 e. The molecule has 2 saturated heterocycles. The lowest BCUT2D eigenvalue weighted by Crippen LogP contribution is -2.57. The van der Waals surface area contributed by atoms with Gasteiger partial charge in [0, 0.05) is 6.42 Å². The number of aliphatic hydroxyl groups excluding tert-OH is 1. The second-order valence-corrected chi connectivity index (χ2v) is 9.36. The van der Waals surface area contributed by atoms with Crippen molar-refractivity contribution in [2.24, 2.45) is 28.6 Å². The van der Waals surface area contributed by atoms with Gasteiger partial charge in [-0.15, -0.1) is 0 Å². The lowest BCUT2D eigenvalue weighted by Gasteiger charge is -2.43. The number of hydrogen-bond donors (Lipinski definition) is 1. The van der Waals surface area contributed by atoms with Crippen molar-refractivity contribution in [3.8, 4) is 0 Å². The molecule has 0 bridgehead atoms. The molecule has 25 heavy (non-hydrogen) atoms. The van der Waals surface area contributed by atoms with E-state index in [-0.39, 0.29) is 42.0 Å². The summed E-state index contributed by atoms with van der Waals surface area (Å²) in [6.07, 6.45) is -0.180. The molecule has 0 aromatic rings. The number of rotatable bonds is 1. The summed E-state index contributed by atoms with van der Waals surface area (Å²) in [7, 11) is 0. The maximum Gasteiger partial charge on any atom is 0.307 e. The van der Waals surface area contributed by atoms with E-state index in [1.165, 1.54) is 0 Å². The second-order valence-electron chi connectivity index (χ2n) is 9.36. The van der Waals surface area contributed by atoms with Gasteiger partial charge in [0.2, 0.25) is 0 Å². The van der Waals surface area contributed by atoms with E-state index in [1.807, 2.05) is 6.92 Å². The van der Waals surface area contributed by atoms with Crippen molar-refractivity contribution in [2.45, 2.75) is 64.8 Å². The van der Waals surface area contributed by atoms with Gasteiger partial charge >= 0.3 is 5.97 Å². The van der Waals surface area contributed by atoms with E-state index in [4.69, 9.17) is 9.47 Å². The Labute approximate surface area is 148 Å². The quantitative estimate of drug-likeness (QED) is 0.581. The number of Topliss-reactive ketones (excluding diaryl/α,β-unsaturated/α-hetero) is 1. The third kappa shape index (κ3) is 1.81. The highest BCUT2D eigenvalue weighted by Crippen LogP contribution is 2.66. The summed E-state index contributed by atoms with van der Waals surface area (Å²) in [5.41, 5.74) is -1.59. The van der Waals surface area contributed by atoms with Crippen LogP contribution in [0.3, 0.4) is 0 Å². The van der Waals surface area contributed by atoms with Gasteiger partial charge in [0.15, 0.2) is 5.60 Å². The molecule has 7 atom stereocenters. The molecule has 1 N–H and O–H groups in total. The fourth-order valence-corrected chi connectivity index (χ4v) is 6.54. The minimum absolute atomic E-state index is 0.135. The lowest BCUT2D eigenvalue weighted by atomic mass is 9.64. The number of aliphatic hydroxyl groups is 1. The molecule has 5 heteroatoms. The highest BCUT2D eigenvalue weighted by Gasteiger charge is 2.76. The molecule has 2 aliphatic carbocycles. The van der Waals surface area contributed by atoms with Crippen molar-refractivity contribution in [1.29, 1.82) is 0 Å². The number of carbonyl (C=O) groups excluding carboxylic acids is 2. The van der Waals surface area contributed by atoms with Crippen molar-refractivity contribution < 1.29 is 24.2 Å². The zero-order valence-corrected chi connectivity index (χ0v) is 15.5. The van der Waals surface area contributed by atoms with Crippen molar-refractivity contribution in [3.05, 3.63) is 12.2 Å². The Bertz CT molecular complexity index is 669. The summed E-state index contributed by atoms with van der Waals surface area (Å²) in [6, 6.07) is 0. The van der Waals surface area contributed by atoms with Crippen molar-refractivity contribution in [1.82, 2.24) is 0 Å². The van der Waals surface area contributed by atoms with E-state index in [0.717, 1.165) is 0 Å². The maximum absolute atomic E-state index is 13.1. The fourth-order valence-electron chi connectivity index (χ4n) is 6.54. The smallest absolute Gasteiger partial charge is 0.307 e. The Morgan fingerprint density at radius 2 is 1.96 bits per heavy atom. The van der Waals surface area contributed by atoms with E-state index in [0.29, 0.717) is 24.3 Å². The molecule has 4 fully saturated rings. The Hall–Kier alpha value is -1.20. The monoisotopic (exact) mass is 348 g/mol. The van der Waals surface area contributed by atoms with Crippen LogP contribution in [0.1, 0.15) is 47.0 Å². The SMILES string of the molecule is C=C1CO[C@H]2[C@H]3C(=O)C[C@H](C(C)C)[C@@]3(C)C[C@@H](O)[C@]3(C)CC(=O)O[C@]123. The molecule has 0 aromatic heterocycles. The average molecular weight is 348 g/mol. The summed E-state index contributed by atoms with van der Waals surface area (Å²) in [5.74, 6) is -0.0267. The zero-order valence-electron chi connectivity index (χ0n) is 15.5. The average Bonchev–Trinajstić information content (AvgIpc) is 3.04. The van der Waals surface area contributed by atoms with Gasteiger partial charge in [-0.1, -0.05) is 34.3 Å². The van der Waals surface area contributed by atoms with E-state index < -0.39 is 23.2 Å². The summed E-state index contributed by atoms with van der Waals surface area (Å²) < 4.78 is 11.9. The Kier molecular flexibility index (Phi) is 3.41. The lowest BCUT2D eigenvalue weighted by molar-refractivity contribution is -0.165. The maximum atomic E-state index is 13.1. The number of esters is 1. The molecule has 5 nitrogen and oxygen atoms in total. The van der Waals surface area contributed by atoms with Gasteiger partial charge < -0.3 is 14.6 Å². The fraction of sp³-hybridized carbons (Fsp3) is 0.800. The van der Waals surface area contributed by atoms with Gasteiger partial charge in [-0.2, -0.15) is 0 Å². The van der Waals surface area contributed by atoms with Crippen LogP contribution in [0.5, 0.6) is 0 Å². The van der Waals surface area contributed by atoms with Crippen molar-refractivity contribution in [2.75, 3.05) is 6.61 Å². The first-order valence-electron chi connectivity index (χ1n) is 9.30. The molecule has 2 heterocycles. The zero-order chi connectivity index (χ0) is 18.4. The molecule has 0 unspecified atom stereocenters. The van der Waals surface area contributed by atoms with Crippen LogP contribution in [-0.2, 0) is 19.1 Å². The molecule has 4 aliphatic rings. The summed E-state index contributed by atoms with van der Waals surface area (Å²) >= 11 is 0. The Morgan fingerprint density at radius 1 is 1.28 bits per heavy atom. The Balaban J connectivity index is 1.93. The minimum atomic E-state index is -1.09. The third-order valence-electron chi connectivity index (χ3n) is 7.80. The summed E-state index contributed by atoms with van der Waals surface area (Å²) in [6.45, 7) is 12.7. The predicted octanol–water partition coefficient (Wildman–Crippen LogP) is 2.27. The van der Waals surface area contributed by atoms with Crippen LogP contribution in [0, 0.1) is 28.6 Å². The van der Waals surface area contributed by atoms with Gasteiger partial charge in [-0.05, 0) is 29.2 Å². The first kappa shape index (κ1) is 17.2. The van der Waals surface area contributed by atoms with Crippen LogP contribution in [0.2, 0.25) is 0 Å². The number of ketones is 1. The van der Waals surface area contributed by atoms with E-state index >= 15 is 0 Å².